The van der Waals surface area contributed by atoms with Crippen molar-refractivity contribution in [2.75, 3.05) is 19.8 Å². The number of carbonyl (C=O) groups excluding carboxylic acids is 1. The van der Waals surface area contributed by atoms with Gasteiger partial charge in [0.25, 0.3) is 0 Å². The third-order valence-electron chi connectivity index (χ3n) is 3.30. The molecule has 2 heterocycles. The van der Waals surface area contributed by atoms with E-state index in [4.69, 9.17) is 4.74 Å². The zero-order valence-electron chi connectivity index (χ0n) is 7.97. The number of nitrogens with one attached hydrogen (secondary N) is 1. The Kier molecular flexibility index (Phi) is 2.54. The van der Waals surface area contributed by atoms with Gasteiger partial charge in [0.05, 0.1) is 5.41 Å². The maximum absolute atomic E-state index is 11.8. The predicted octanol–water partition coefficient (Wildman–Crippen LogP) is 1.08. The van der Waals surface area contributed by atoms with Crippen LogP contribution >= 0.6 is 0 Å². The summed E-state index contributed by atoms with van der Waals surface area (Å²) in [4.78, 5) is 11.8. The smallest absolute Gasteiger partial charge is 0.226 e. The molecule has 74 valence electrons. The molecule has 2 fully saturated rings. The van der Waals surface area contributed by atoms with E-state index in [0.29, 0.717) is 0 Å². The Hall–Kier alpha value is -0.570. The highest BCUT2D eigenvalue weighted by atomic mass is 16.5. The maximum atomic E-state index is 11.8. The minimum Gasteiger partial charge on any atom is -0.381 e. The number of amides is 1. The lowest BCUT2D eigenvalue weighted by molar-refractivity contribution is -0.136. The average Bonchev–Trinajstić information content (AvgIpc) is 2.33. The number of hydrogen-bond donors (Lipinski definition) is 1. The van der Waals surface area contributed by atoms with Crippen LogP contribution in [-0.2, 0) is 9.53 Å². The Bertz CT molecular complexity index is 197. The van der Waals surface area contributed by atoms with Crippen molar-refractivity contribution in [1.82, 2.24) is 5.32 Å². The van der Waals surface area contributed by atoms with Crippen LogP contribution in [-0.4, -0.2) is 25.7 Å². The summed E-state index contributed by atoms with van der Waals surface area (Å²) < 4.78 is 5.31. The van der Waals surface area contributed by atoms with Crippen LogP contribution in [0.5, 0.6) is 0 Å². The quantitative estimate of drug-likeness (QED) is 0.610. The molecule has 0 aromatic carbocycles. The van der Waals surface area contributed by atoms with E-state index in [2.05, 4.69) is 5.32 Å². The SMILES string of the molecule is O=C1NCCCCC12CCOCC2. The standard InChI is InChI=1S/C10H17NO2/c12-9-10(3-1-2-6-11-9)4-7-13-8-5-10/h1-8H2,(H,11,12). The van der Waals surface area contributed by atoms with Crippen molar-refractivity contribution in [3.05, 3.63) is 0 Å². The Morgan fingerprint density at radius 2 is 1.92 bits per heavy atom. The fourth-order valence-electron chi connectivity index (χ4n) is 2.33. The molecule has 2 aliphatic rings. The molecule has 1 amide bonds. The molecule has 0 unspecified atom stereocenters. The highest BCUT2D eigenvalue weighted by Crippen LogP contribution is 2.37. The molecule has 0 bridgehead atoms. The van der Waals surface area contributed by atoms with Crippen molar-refractivity contribution in [1.29, 1.82) is 0 Å². The first-order valence-corrected chi connectivity index (χ1v) is 5.20. The second kappa shape index (κ2) is 3.66. The van der Waals surface area contributed by atoms with Crippen LogP contribution in [0, 0.1) is 5.41 Å². The number of hydrogen-bond acceptors (Lipinski definition) is 2. The van der Waals surface area contributed by atoms with Crippen molar-refractivity contribution in [2.45, 2.75) is 32.1 Å². The summed E-state index contributed by atoms with van der Waals surface area (Å²) in [7, 11) is 0. The molecule has 13 heavy (non-hydrogen) atoms. The first-order valence-electron chi connectivity index (χ1n) is 5.20. The summed E-state index contributed by atoms with van der Waals surface area (Å²) in [6.45, 7) is 2.38. The predicted molar refractivity (Wildman–Crippen MR) is 49.3 cm³/mol. The van der Waals surface area contributed by atoms with Gasteiger partial charge in [-0.15, -0.1) is 0 Å². The number of carbonyl (C=O) groups is 1. The summed E-state index contributed by atoms with van der Waals surface area (Å²) in [6.07, 6.45) is 5.20. The van der Waals surface area contributed by atoms with Crippen molar-refractivity contribution >= 4 is 5.91 Å². The Morgan fingerprint density at radius 3 is 2.69 bits per heavy atom. The molecule has 2 aliphatic heterocycles. The molecule has 0 aliphatic carbocycles. The van der Waals surface area contributed by atoms with E-state index in [1.54, 1.807) is 0 Å². The first kappa shape index (κ1) is 9.00. The van der Waals surface area contributed by atoms with Crippen LogP contribution in [0.3, 0.4) is 0 Å². The summed E-state index contributed by atoms with van der Waals surface area (Å²) in [5.74, 6) is 0.272. The molecule has 1 N–H and O–H groups in total. The zero-order chi connectivity index (χ0) is 9.15. The second-order valence-electron chi connectivity index (χ2n) is 4.11. The van der Waals surface area contributed by atoms with Gasteiger partial charge in [-0.05, 0) is 25.7 Å². The molecule has 2 rings (SSSR count). The first-order chi connectivity index (χ1) is 6.33. The van der Waals surface area contributed by atoms with Crippen LogP contribution in [0.25, 0.3) is 0 Å². The van der Waals surface area contributed by atoms with Crippen LogP contribution in [0.4, 0.5) is 0 Å². The fraction of sp³-hybridized carbons (Fsp3) is 0.900. The molecule has 0 aromatic rings. The van der Waals surface area contributed by atoms with Crippen LogP contribution < -0.4 is 5.32 Å². The number of ether oxygens (including phenoxy) is 1. The van der Waals surface area contributed by atoms with E-state index >= 15 is 0 Å². The van der Waals surface area contributed by atoms with E-state index in [0.717, 1.165) is 45.4 Å². The van der Waals surface area contributed by atoms with Crippen LogP contribution in [0.15, 0.2) is 0 Å². The van der Waals surface area contributed by atoms with Gasteiger partial charge < -0.3 is 10.1 Å². The van der Waals surface area contributed by atoms with E-state index in [1.807, 2.05) is 0 Å². The topological polar surface area (TPSA) is 38.3 Å². The third kappa shape index (κ3) is 1.70. The molecular weight excluding hydrogens is 166 g/mol. The second-order valence-corrected chi connectivity index (χ2v) is 4.11. The van der Waals surface area contributed by atoms with Gasteiger partial charge in [-0.1, -0.05) is 6.42 Å². The van der Waals surface area contributed by atoms with Gasteiger partial charge in [0, 0.05) is 19.8 Å². The van der Waals surface area contributed by atoms with Gasteiger partial charge in [0.1, 0.15) is 0 Å². The van der Waals surface area contributed by atoms with Crippen molar-refractivity contribution < 1.29 is 9.53 Å². The van der Waals surface area contributed by atoms with Gasteiger partial charge >= 0.3 is 0 Å². The molecule has 0 atom stereocenters. The lowest BCUT2D eigenvalue weighted by Crippen LogP contribution is -2.43. The third-order valence-corrected chi connectivity index (χ3v) is 3.30. The summed E-state index contributed by atoms with van der Waals surface area (Å²) >= 11 is 0. The van der Waals surface area contributed by atoms with Gasteiger partial charge in [-0.25, -0.2) is 0 Å². The van der Waals surface area contributed by atoms with E-state index in [9.17, 15) is 4.79 Å². The molecule has 1 spiro atoms. The molecule has 0 aromatic heterocycles. The lowest BCUT2D eigenvalue weighted by atomic mass is 9.76. The maximum Gasteiger partial charge on any atom is 0.226 e. The monoisotopic (exact) mass is 183 g/mol. The van der Waals surface area contributed by atoms with Crippen molar-refractivity contribution in [3.8, 4) is 0 Å². The molecular formula is C10H17NO2. The molecule has 3 heteroatoms. The van der Waals surface area contributed by atoms with Crippen molar-refractivity contribution in [2.24, 2.45) is 5.41 Å². The Morgan fingerprint density at radius 1 is 1.15 bits per heavy atom. The largest absolute Gasteiger partial charge is 0.381 e. The minimum atomic E-state index is -0.0747. The van der Waals surface area contributed by atoms with E-state index in [1.165, 1.54) is 6.42 Å². The van der Waals surface area contributed by atoms with Crippen molar-refractivity contribution in [3.63, 3.8) is 0 Å². The van der Waals surface area contributed by atoms with Crippen LogP contribution in [0.1, 0.15) is 32.1 Å². The highest BCUT2D eigenvalue weighted by molar-refractivity contribution is 5.82. The Balaban J connectivity index is 2.10. The molecule has 3 nitrogen and oxygen atoms in total. The molecule has 0 saturated carbocycles. The Labute approximate surface area is 78.8 Å². The number of rotatable bonds is 0. The zero-order valence-corrected chi connectivity index (χ0v) is 7.97. The lowest BCUT2D eigenvalue weighted by Gasteiger charge is -2.34. The normalized spacial score (nSPS) is 28.2. The summed E-state index contributed by atoms with van der Waals surface area (Å²) in [5, 5.41) is 3.01. The van der Waals surface area contributed by atoms with Crippen LogP contribution in [0.2, 0.25) is 0 Å². The van der Waals surface area contributed by atoms with Gasteiger partial charge in [-0.3, -0.25) is 4.79 Å². The summed E-state index contributed by atoms with van der Waals surface area (Å²) in [5.41, 5.74) is -0.0747. The van der Waals surface area contributed by atoms with E-state index < -0.39 is 0 Å². The van der Waals surface area contributed by atoms with Gasteiger partial charge in [0.2, 0.25) is 5.91 Å². The molecule has 0 radical (unpaired) electrons. The van der Waals surface area contributed by atoms with E-state index in [-0.39, 0.29) is 11.3 Å². The molecule has 2 saturated heterocycles. The van der Waals surface area contributed by atoms with Gasteiger partial charge in [0.15, 0.2) is 0 Å². The average molecular weight is 183 g/mol. The summed E-state index contributed by atoms with van der Waals surface area (Å²) in [6, 6.07) is 0. The fourth-order valence-corrected chi connectivity index (χ4v) is 2.33. The highest BCUT2D eigenvalue weighted by Gasteiger charge is 2.40. The minimum absolute atomic E-state index is 0.0747. The van der Waals surface area contributed by atoms with Gasteiger partial charge in [-0.2, -0.15) is 0 Å².